The summed E-state index contributed by atoms with van der Waals surface area (Å²) in [6.45, 7) is 1.89. The van der Waals surface area contributed by atoms with Gasteiger partial charge in [-0.05, 0) is 62.0 Å². The molecule has 0 saturated heterocycles. The minimum absolute atomic E-state index is 0.123. The number of hydrogen-bond donors (Lipinski definition) is 4. The molecule has 208 valence electrons. The number of ketones is 1. The molecule has 3 rings (SSSR count). The van der Waals surface area contributed by atoms with Gasteiger partial charge < -0.3 is 27.4 Å². The smallest absolute Gasteiger partial charge is 0.238 e. The van der Waals surface area contributed by atoms with Crippen molar-refractivity contribution in [3.05, 3.63) is 78.0 Å². The second-order valence-electron chi connectivity index (χ2n) is 9.74. The Balaban J connectivity index is 1.68. The molecule has 3 aromatic rings. The normalized spacial score (nSPS) is 12.6. The summed E-state index contributed by atoms with van der Waals surface area (Å²) < 4.78 is 0. The summed E-state index contributed by atoms with van der Waals surface area (Å²) in [7, 11) is 0. The Hall–Kier alpha value is -3.66. The molecule has 0 saturated carbocycles. The molecule has 2 amide bonds. The van der Waals surface area contributed by atoms with E-state index in [0.29, 0.717) is 51.9 Å². The fraction of sp³-hybridized carbons (Fsp3) is 0.400. The van der Waals surface area contributed by atoms with Gasteiger partial charge in [-0.1, -0.05) is 48.5 Å². The van der Waals surface area contributed by atoms with Crippen molar-refractivity contribution in [2.75, 3.05) is 26.2 Å². The van der Waals surface area contributed by atoms with Crippen LogP contribution >= 0.6 is 0 Å². The molecular weight excluding hydrogens is 492 g/mol. The summed E-state index contributed by atoms with van der Waals surface area (Å²) in [5.74, 6) is -0.889. The van der Waals surface area contributed by atoms with Crippen LogP contribution in [-0.2, 0) is 27.2 Å². The molecule has 0 radical (unpaired) electrons. The maximum atomic E-state index is 13.4. The van der Waals surface area contributed by atoms with Crippen molar-refractivity contribution >= 4 is 28.5 Å². The van der Waals surface area contributed by atoms with Crippen LogP contribution in [0.15, 0.2) is 66.9 Å². The number of nitrogens with one attached hydrogen (secondary N) is 1. The molecule has 2 aromatic carbocycles. The van der Waals surface area contributed by atoms with Crippen LogP contribution in [0.4, 0.5) is 0 Å². The van der Waals surface area contributed by atoms with Crippen molar-refractivity contribution in [1.82, 2.24) is 15.2 Å². The zero-order chi connectivity index (χ0) is 28.0. The summed E-state index contributed by atoms with van der Waals surface area (Å²) >= 11 is 0. The van der Waals surface area contributed by atoms with Gasteiger partial charge in [-0.25, -0.2) is 0 Å². The number of aryl methyl sites for hydroxylation is 1. The highest BCUT2D eigenvalue weighted by atomic mass is 16.2. The summed E-state index contributed by atoms with van der Waals surface area (Å²) in [5, 5.41) is 3.78. The van der Waals surface area contributed by atoms with Gasteiger partial charge in [0.15, 0.2) is 5.78 Å². The zero-order valence-corrected chi connectivity index (χ0v) is 22.4. The van der Waals surface area contributed by atoms with Gasteiger partial charge in [-0.2, -0.15) is 0 Å². The molecule has 0 aliphatic rings. The van der Waals surface area contributed by atoms with E-state index in [0.717, 1.165) is 22.0 Å². The number of carbonyl (C=O) groups excluding carboxylic acids is 3. The second kappa shape index (κ2) is 15.7. The number of nitrogens with two attached hydrogens (primary N) is 3. The van der Waals surface area contributed by atoms with E-state index in [2.05, 4.69) is 10.3 Å². The molecule has 9 nitrogen and oxygen atoms in total. The lowest BCUT2D eigenvalue weighted by Crippen LogP contribution is -2.50. The number of rotatable bonds is 16. The Morgan fingerprint density at radius 1 is 0.897 bits per heavy atom. The SMILES string of the molecule is NCCCN(CCCN)C(=O)C[C@H](N)C(=O)N[C@@H](CCc1ccccc1)C(=O)Cc1cnc2ccccc2c1. The Morgan fingerprint density at radius 3 is 2.26 bits per heavy atom. The molecular formula is C30H40N6O3. The third-order valence-electron chi connectivity index (χ3n) is 6.64. The van der Waals surface area contributed by atoms with E-state index in [1.165, 1.54) is 0 Å². The van der Waals surface area contributed by atoms with Gasteiger partial charge in [-0.15, -0.1) is 0 Å². The quantitative estimate of drug-likeness (QED) is 0.219. The maximum absolute atomic E-state index is 13.4. The van der Waals surface area contributed by atoms with E-state index in [-0.39, 0.29) is 24.5 Å². The molecule has 0 fully saturated rings. The van der Waals surface area contributed by atoms with Gasteiger partial charge in [-0.3, -0.25) is 19.4 Å². The molecule has 2 atom stereocenters. The van der Waals surface area contributed by atoms with E-state index in [4.69, 9.17) is 17.2 Å². The summed E-state index contributed by atoms with van der Waals surface area (Å²) in [5.41, 5.74) is 20.0. The highest BCUT2D eigenvalue weighted by molar-refractivity contribution is 5.94. The topological polar surface area (TPSA) is 157 Å². The highest BCUT2D eigenvalue weighted by Crippen LogP contribution is 2.15. The molecule has 0 aliphatic heterocycles. The third-order valence-corrected chi connectivity index (χ3v) is 6.64. The number of para-hydroxylation sites is 1. The molecule has 0 aliphatic carbocycles. The monoisotopic (exact) mass is 532 g/mol. The molecule has 39 heavy (non-hydrogen) atoms. The molecule has 9 heteroatoms. The first-order valence-corrected chi connectivity index (χ1v) is 13.6. The number of amides is 2. The van der Waals surface area contributed by atoms with Crippen LogP contribution in [0.2, 0.25) is 0 Å². The fourth-order valence-corrected chi connectivity index (χ4v) is 4.42. The second-order valence-corrected chi connectivity index (χ2v) is 9.74. The average molecular weight is 533 g/mol. The van der Waals surface area contributed by atoms with E-state index in [9.17, 15) is 14.4 Å². The third kappa shape index (κ3) is 9.55. The summed E-state index contributed by atoms with van der Waals surface area (Å²) in [6, 6.07) is 17.6. The fourth-order valence-electron chi connectivity index (χ4n) is 4.42. The number of fused-ring (bicyclic) bond motifs is 1. The number of hydrogen-bond acceptors (Lipinski definition) is 7. The lowest BCUT2D eigenvalue weighted by molar-refractivity contribution is -0.135. The van der Waals surface area contributed by atoms with Crippen molar-refractivity contribution in [3.8, 4) is 0 Å². The zero-order valence-electron chi connectivity index (χ0n) is 22.4. The van der Waals surface area contributed by atoms with Gasteiger partial charge in [0.2, 0.25) is 11.8 Å². The summed E-state index contributed by atoms with van der Waals surface area (Å²) in [6.07, 6.45) is 3.97. The van der Waals surface area contributed by atoms with Crippen LogP contribution in [0.3, 0.4) is 0 Å². The molecule has 0 unspecified atom stereocenters. The number of carbonyl (C=O) groups is 3. The van der Waals surface area contributed by atoms with Gasteiger partial charge in [0.05, 0.1) is 24.0 Å². The number of nitrogens with zero attached hydrogens (tertiary/aromatic N) is 2. The molecule has 1 aromatic heterocycles. The molecule has 0 bridgehead atoms. The first-order chi connectivity index (χ1) is 18.9. The average Bonchev–Trinajstić information content (AvgIpc) is 2.95. The van der Waals surface area contributed by atoms with Gasteiger partial charge in [0, 0.05) is 31.1 Å². The van der Waals surface area contributed by atoms with Crippen molar-refractivity contribution < 1.29 is 14.4 Å². The Morgan fingerprint density at radius 2 is 1.56 bits per heavy atom. The summed E-state index contributed by atoms with van der Waals surface area (Å²) in [4.78, 5) is 45.4. The number of aromatic nitrogens is 1. The molecule has 0 spiro atoms. The predicted molar refractivity (Wildman–Crippen MR) is 154 cm³/mol. The lowest BCUT2D eigenvalue weighted by Gasteiger charge is -2.25. The maximum Gasteiger partial charge on any atom is 0.238 e. The number of pyridine rings is 1. The van der Waals surface area contributed by atoms with Crippen LogP contribution in [0.5, 0.6) is 0 Å². The minimum Gasteiger partial charge on any atom is -0.345 e. The molecule has 1 heterocycles. The van der Waals surface area contributed by atoms with Gasteiger partial charge in [0.1, 0.15) is 0 Å². The van der Waals surface area contributed by atoms with Crippen molar-refractivity contribution in [2.24, 2.45) is 17.2 Å². The highest BCUT2D eigenvalue weighted by Gasteiger charge is 2.26. The van der Waals surface area contributed by atoms with Crippen molar-refractivity contribution in [2.45, 2.75) is 50.6 Å². The van der Waals surface area contributed by atoms with Crippen molar-refractivity contribution in [1.29, 1.82) is 0 Å². The first kappa shape index (κ1) is 29.9. The van der Waals surface area contributed by atoms with Crippen LogP contribution in [0.25, 0.3) is 10.9 Å². The van der Waals surface area contributed by atoms with Crippen LogP contribution < -0.4 is 22.5 Å². The minimum atomic E-state index is -1.08. The van der Waals surface area contributed by atoms with Crippen LogP contribution in [0, 0.1) is 0 Å². The standard InChI is InChI=1S/C30H40N6O3/c31-14-6-16-36(17-7-15-32)29(38)20-25(33)30(39)35-27(13-12-22-8-2-1-3-9-22)28(37)19-23-18-24-10-4-5-11-26(24)34-21-23/h1-5,8-11,18,21,25,27H,6-7,12-17,19-20,31-33H2,(H,35,39)/t25-,27-/m0/s1. The van der Waals surface area contributed by atoms with Crippen LogP contribution in [-0.4, -0.2) is 65.7 Å². The largest absolute Gasteiger partial charge is 0.345 e. The van der Waals surface area contributed by atoms with E-state index in [1.54, 1.807) is 11.1 Å². The predicted octanol–water partition coefficient (Wildman–Crippen LogP) is 1.71. The van der Waals surface area contributed by atoms with E-state index >= 15 is 0 Å². The van der Waals surface area contributed by atoms with E-state index < -0.39 is 18.0 Å². The van der Waals surface area contributed by atoms with E-state index in [1.807, 2.05) is 60.7 Å². The number of benzene rings is 2. The first-order valence-electron chi connectivity index (χ1n) is 13.6. The Kier molecular flexibility index (Phi) is 12.0. The molecule has 7 N–H and O–H groups in total. The number of Topliss-reactive ketones (excluding diaryl/α,β-unsaturated/α-hetero) is 1. The van der Waals surface area contributed by atoms with Gasteiger partial charge in [0.25, 0.3) is 0 Å². The Bertz CT molecular complexity index is 1210. The van der Waals surface area contributed by atoms with Crippen LogP contribution in [0.1, 0.15) is 36.8 Å². The lowest BCUT2D eigenvalue weighted by atomic mass is 9.97. The Labute approximate surface area is 230 Å². The van der Waals surface area contributed by atoms with Gasteiger partial charge >= 0.3 is 0 Å². The van der Waals surface area contributed by atoms with Crippen molar-refractivity contribution in [3.63, 3.8) is 0 Å².